The molecule has 2 rings (SSSR count). The van der Waals surface area contributed by atoms with E-state index in [-0.39, 0.29) is 6.42 Å². The molecule has 0 radical (unpaired) electrons. The van der Waals surface area contributed by atoms with Crippen molar-refractivity contribution in [2.45, 2.75) is 38.3 Å². The third-order valence-electron chi connectivity index (χ3n) is 4.27. The molecule has 1 fully saturated rings. The van der Waals surface area contributed by atoms with Crippen LogP contribution in [0.2, 0.25) is 0 Å². The van der Waals surface area contributed by atoms with E-state index in [0.29, 0.717) is 24.4 Å². The van der Waals surface area contributed by atoms with Crippen molar-refractivity contribution in [3.8, 4) is 0 Å². The third-order valence-corrected chi connectivity index (χ3v) is 5.17. The smallest absolute Gasteiger partial charge is 0.401 e. The monoisotopic (exact) mass is 427 g/mol. The first kappa shape index (κ1) is 22.8. The first-order chi connectivity index (χ1) is 13.6. The van der Waals surface area contributed by atoms with Gasteiger partial charge in [0.15, 0.2) is 0 Å². The fourth-order valence-electron chi connectivity index (χ4n) is 2.61. The highest BCUT2D eigenvalue weighted by molar-refractivity contribution is 7.82. The molecule has 1 heterocycles. The van der Waals surface area contributed by atoms with Gasteiger partial charge in [0.05, 0.1) is 5.97 Å². The Balaban J connectivity index is 2.20. The highest BCUT2D eigenvalue weighted by Gasteiger charge is 2.53. The van der Waals surface area contributed by atoms with Gasteiger partial charge in [-0.2, -0.15) is 8.42 Å². The van der Waals surface area contributed by atoms with Crippen LogP contribution in [-0.4, -0.2) is 51.0 Å². The Morgan fingerprint density at radius 3 is 2.38 bits per heavy atom. The Bertz CT molecular complexity index is 856. The molecule has 10 nitrogen and oxygen atoms in total. The summed E-state index contributed by atoms with van der Waals surface area (Å²) >= 11 is 0. The highest BCUT2D eigenvalue weighted by Crippen LogP contribution is 2.25. The zero-order valence-corrected chi connectivity index (χ0v) is 16.9. The van der Waals surface area contributed by atoms with Gasteiger partial charge in [0, 0.05) is 13.0 Å². The number of aliphatic carboxylic acids is 1. The predicted molar refractivity (Wildman–Crippen MR) is 98.2 cm³/mol. The number of hydrogen-bond acceptors (Lipinski definition) is 8. The van der Waals surface area contributed by atoms with Crippen molar-refractivity contribution in [1.29, 1.82) is 0 Å². The van der Waals surface area contributed by atoms with Crippen LogP contribution in [-0.2, 0) is 39.6 Å². The molecule has 160 valence electrons. The predicted octanol–water partition coefficient (Wildman–Crippen LogP) is -1.34. The first-order valence-corrected chi connectivity index (χ1v) is 10.3. The summed E-state index contributed by atoms with van der Waals surface area (Å²) in [5.74, 6) is -3.64. The number of hydrogen-bond donors (Lipinski definition) is 2. The molecule has 0 spiro atoms. The molecule has 1 aromatic rings. The van der Waals surface area contributed by atoms with Gasteiger partial charge < -0.3 is 20.5 Å². The van der Waals surface area contributed by atoms with Crippen LogP contribution in [0.5, 0.6) is 0 Å². The maximum absolute atomic E-state index is 12.6. The number of carbonyl (C=O) groups excluding carboxylic acids is 3. The van der Waals surface area contributed by atoms with E-state index < -0.39 is 46.4 Å². The van der Waals surface area contributed by atoms with Crippen LogP contribution in [0.4, 0.5) is 0 Å². The molecule has 1 aliphatic heterocycles. The van der Waals surface area contributed by atoms with Crippen molar-refractivity contribution in [3.63, 3.8) is 0 Å². The lowest BCUT2D eigenvalue weighted by Gasteiger charge is -2.27. The number of nitrogens with one attached hydrogen (secondary N) is 2. The van der Waals surface area contributed by atoms with E-state index in [0.717, 1.165) is 0 Å². The second-order valence-electron chi connectivity index (χ2n) is 7.06. The minimum atomic E-state index is -4.66. The summed E-state index contributed by atoms with van der Waals surface area (Å²) in [5, 5.41) is 16.4. The molecule has 1 saturated heterocycles. The fourth-order valence-corrected chi connectivity index (χ4v) is 3.51. The van der Waals surface area contributed by atoms with Crippen LogP contribution in [0, 0.1) is 5.92 Å². The molecule has 1 aliphatic rings. The maximum Gasteiger partial charge on any atom is 0.401 e. The van der Waals surface area contributed by atoms with Gasteiger partial charge in [0.25, 0.3) is 5.91 Å². The Kier molecular flexibility index (Phi) is 7.33. The maximum atomic E-state index is 12.6. The van der Waals surface area contributed by atoms with E-state index >= 15 is 0 Å². The van der Waals surface area contributed by atoms with Gasteiger partial charge in [-0.1, -0.05) is 44.2 Å². The Labute approximate surface area is 168 Å². The van der Waals surface area contributed by atoms with E-state index in [9.17, 15) is 27.9 Å². The van der Waals surface area contributed by atoms with Crippen LogP contribution in [0.1, 0.15) is 25.8 Å². The van der Waals surface area contributed by atoms with E-state index in [4.69, 9.17) is 0 Å². The normalized spacial score (nSPS) is 21.5. The summed E-state index contributed by atoms with van der Waals surface area (Å²) in [6.07, 6.45) is 0.757. The van der Waals surface area contributed by atoms with Crippen molar-refractivity contribution < 1.29 is 36.3 Å². The van der Waals surface area contributed by atoms with E-state index in [1.165, 1.54) is 0 Å². The zero-order valence-electron chi connectivity index (χ0n) is 16.0. The molecule has 0 aliphatic carbocycles. The number of carboxylic acid groups (broad SMARTS) is 1. The van der Waals surface area contributed by atoms with Gasteiger partial charge in [0.1, 0.15) is 12.6 Å². The summed E-state index contributed by atoms with van der Waals surface area (Å²) in [6.45, 7) is 3.24. The van der Waals surface area contributed by atoms with Crippen LogP contribution in [0.3, 0.4) is 0 Å². The molecule has 0 aromatic heterocycles. The average molecular weight is 427 g/mol. The molecule has 0 unspecified atom stereocenters. The molecular formula is C18H23N2O8S-. The third kappa shape index (κ3) is 5.99. The van der Waals surface area contributed by atoms with Gasteiger partial charge in [-0.05, 0) is 17.9 Å². The lowest BCUT2D eigenvalue weighted by Crippen LogP contribution is -2.63. The number of amides is 2. The second kappa shape index (κ2) is 9.33. The zero-order chi connectivity index (χ0) is 21.7. The summed E-state index contributed by atoms with van der Waals surface area (Å²) in [5.41, 5.74) is -2.19. The highest BCUT2D eigenvalue weighted by atomic mass is 32.3. The van der Waals surface area contributed by atoms with E-state index in [2.05, 4.69) is 19.0 Å². The minimum absolute atomic E-state index is 0.0524. The lowest BCUT2D eigenvalue weighted by molar-refractivity contribution is -0.319. The molecule has 1 aromatic carbocycles. The van der Waals surface area contributed by atoms with Crippen LogP contribution < -0.4 is 15.7 Å². The SMILES string of the molecule is CC(C)CCNC(=O)[C@H](Cc1ccccc1)NC(=O)[C@]1(C(=O)[O-])COS(=O)(=O)O1. The quantitative estimate of drug-likeness (QED) is 0.460. The molecule has 2 atom stereocenters. The molecular weight excluding hydrogens is 404 g/mol. The molecule has 0 bridgehead atoms. The van der Waals surface area contributed by atoms with Gasteiger partial charge >= 0.3 is 10.4 Å². The minimum Gasteiger partial charge on any atom is -0.546 e. The first-order valence-electron chi connectivity index (χ1n) is 9.00. The summed E-state index contributed by atoms with van der Waals surface area (Å²) < 4.78 is 31.4. The number of rotatable bonds is 9. The number of carbonyl (C=O) groups is 3. The largest absolute Gasteiger partial charge is 0.546 e. The Hall–Kier alpha value is -2.50. The topological polar surface area (TPSA) is 151 Å². The van der Waals surface area contributed by atoms with Gasteiger partial charge in [0.2, 0.25) is 11.5 Å². The van der Waals surface area contributed by atoms with Gasteiger partial charge in [-0.15, -0.1) is 0 Å². The van der Waals surface area contributed by atoms with Crippen molar-refractivity contribution >= 4 is 28.2 Å². The van der Waals surface area contributed by atoms with Crippen molar-refractivity contribution in [2.24, 2.45) is 5.92 Å². The lowest BCUT2D eigenvalue weighted by atomic mass is 10.0. The Morgan fingerprint density at radius 2 is 1.86 bits per heavy atom. The summed E-state index contributed by atoms with van der Waals surface area (Å²) in [7, 11) is -4.66. The number of benzene rings is 1. The standard InChI is InChI=1S/C18H24N2O8S/c1-12(2)8-9-19-15(21)14(10-13-6-4-3-5-7-13)20-16(22)18(17(23)24)11-27-29(25,26)28-18/h3-7,12,14H,8-11H2,1-2H3,(H,19,21)(H,20,22)(H,23,24)/p-1/t14-,18-/m0/s1. The van der Waals surface area contributed by atoms with Crippen molar-refractivity contribution in [1.82, 2.24) is 10.6 Å². The van der Waals surface area contributed by atoms with E-state index in [1.54, 1.807) is 30.3 Å². The van der Waals surface area contributed by atoms with Crippen molar-refractivity contribution in [2.75, 3.05) is 13.2 Å². The van der Waals surface area contributed by atoms with E-state index in [1.807, 2.05) is 13.8 Å². The molecule has 2 amide bonds. The van der Waals surface area contributed by atoms with Gasteiger partial charge in [-0.3, -0.25) is 9.59 Å². The molecule has 29 heavy (non-hydrogen) atoms. The summed E-state index contributed by atoms with van der Waals surface area (Å²) in [4.78, 5) is 36.7. The average Bonchev–Trinajstić information content (AvgIpc) is 2.98. The van der Waals surface area contributed by atoms with Gasteiger partial charge in [-0.25, -0.2) is 8.37 Å². The van der Waals surface area contributed by atoms with Crippen LogP contribution in [0.15, 0.2) is 30.3 Å². The molecule has 2 N–H and O–H groups in total. The second-order valence-corrected chi connectivity index (χ2v) is 8.28. The van der Waals surface area contributed by atoms with Crippen molar-refractivity contribution in [3.05, 3.63) is 35.9 Å². The van der Waals surface area contributed by atoms with Crippen LogP contribution in [0.25, 0.3) is 0 Å². The summed E-state index contributed by atoms with van der Waals surface area (Å²) in [6, 6.07) is 7.56. The molecule has 11 heteroatoms. The fraction of sp³-hybridized carbons (Fsp3) is 0.500. The number of carboxylic acids is 1. The molecule has 0 saturated carbocycles. The van der Waals surface area contributed by atoms with Crippen LogP contribution >= 0.6 is 0 Å². The Morgan fingerprint density at radius 1 is 1.21 bits per heavy atom.